The Labute approximate surface area is 92.8 Å². The van der Waals surface area contributed by atoms with Crippen molar-refractivity contribution in [2.45, 2.75) is 57.5 Å². The maximum atomic E-state index is 14.3. The minimum atomic E-state index is -0.509. The molecule has 2 rings (SSSR count). The van der Waals surface area contributed by atoms with E-state index in [1.165, 1.54) is 25.7 Å². The fourth-order valence-corrected chi connectivity index (χ4v) is 3.18. The molecule has 0 aromatic rings. The van der Waals surface area contributed by atoms with Crippen LogP contribution in [0, 0.1) is 11.8 Å². The van der Waals surface area contributed by atoms with E-state index in [-0.39, 0.29) is 0 Å². The summed E-state index contributed by atoms with van der Waals surface area (Å²) in [5.41, 5.74) is 0. The summed E-state index contributed by atoms with van der Waals surface area (Å²) in [5, 5.41) is 3.32. The van der Waals surface area contributed by atoms with Gasteiger partial charge in [-0.2, -0.15) is 0 Å². The summed E-state index contributed by atoms with van der Waals surface area (Å²) in [5.74, 6) is 0.741. The SMILES string of the molecule is FC(C1CCCCCC1)C1CCNCC1. The highest BCUT2D eigenvalue weighted by Gasteiger charge is 2.30. The van der Waals surface area contributed by atoms with Gasteiger partial charge in [0.2, 0.25) is 0 Å². The molecule has 1 N–H and O–H groups in total. The Bertz CT molecular complexity index is 169. The first-order chi connectivity index (χ1) is 7.38. The van der Waals surface area contributed by atoms with Crippen molar-refractivity contribution in [3.05, 3.63) is 0 Å². The second kappa shape index (κ2) is 5.83. The van der Waals surface area contributed by atoms with Crippen molar-refractivity contribution in [1.29, 1.82) is 0 Å². The van der Waals surface area contributed by atoms with Gasteiger partial charge in [0.25, 0.3) is 0 Å². The molecule has 88 valence electrons. The minimum absolute atomic E-state index is 0.356. The van der Waals surface area contributed by atoms with Crippen LogP contribution >= 0.6 is 0 Å². The highest BCUT2D eigenvalue weighted by molar-refractivity contribution is 4.81. The summed E-state index contributed by atoms with van der Waals surface area (Å²) in [6.45, 7) is 2.05. The predicted octanol–water partition coefficient (Wildman–Crippen LogP) is 3.29. The third-order valence-corrected chi connectivity index (χ3v) is 4.18. The Morgan fingerprint density at radius 1 is 0.800 bits per heavy atom. The molecule has 1 heterocycles. The van der Waals surface area contributed by atoms with Crippen LogP contribution in [0.4, 0.5) is 4.39 Å². The van der Waals surface area contributed by atoms with E-state index in [9.17, 15) is 4.39 Å². The predicted molar refractivity (Wildman–Crippen MR) is 61.7 cm³/mol. The molecule has 1 saturated heterocycles. The van der Waals surface area contributed by atoms with Crippen molar-refractivity contribution >= 4 is 0 Å². The molecule has 2 aliphatic rings. The molecule has 0 radical (unpaired) electrons. The second-order valence-corrected chi connectivity index (χ2v) is 5.28. The van der Waals surface area contributed by atoms with Crippen molar-refractivity contribution < 1.29 is 4.39 Å². The molecule has 2 heteroatoms. The number of hydrogen-bond donors (Lipinski definition) is 1. The van der Waals surface area contributed by atoms with Crippen LogP contribution in [0.15, 0.2) is 0 Å². The molecule has 0 aromatic heterocycles. The summed E-state index contributed by atoms with van der Waals surface area (Å²) in [6, 6.07) is 0. The Morgan fingerprint density at radius 2 is 1.33 bits per heavy atom. The van der Waals surface area contributed by atoms with Crippen LogP contribution in [0.1, 0.15) is 51.4 Å². The average molecular weight is 213 g/mol. The van der Waals surface area contributed by atoms with E-state index in [0.29, 0.717) is 11.8 Å². The van der Waals surface area contributed by atoms with Gasteiger partial charge in [-0.1, -0.05) is 25.7 Å². The largest absolute Gasteiger partial charge is 0.317 e. The third-order valence-electron chi connectivity index (χ3n) is 4.18. The molecule has 2 fully saturated rings. The van der Waals surface area contributed by atoms with Crippen molar-refractivity contribution in [3.8, 4) is 0 Å². The monoisotopic (exact) mass is 213 g/mol. The number of nitrogens with one attached hydrogen (secondary N) is 1. The molecule has 0 amide bonds. The summed E-state index contributed by atoms with van der Waals surface area (Å²) >= 11 is 0. The zero-order valence-corrected chi connectivity index (χ0v) is 9.68. The van der Waals surface area contributed by atoms with E-state index in [4.69, 9.17) is 0 Å². The maximum absolute atomic E-state index is 14.3. The van der Waals surface area contributed by atoms with Crippen LogP contribution in [0.3, 0.4) is 0 Å². The van der Waals surface area contributed by atoms with Gasteiger partial charge < -0.3 is 5.32 Å². The molecular weight excluding hydrogens is 189 g/mol. The van der Waals surface area contributed by atoms with E-state index in [1.54, 1.807) is 0 Å². The summed E-state index contributed by atoms with van der Waals surface area (Å²) in [6.07, 6.45) is 9.06. The van der Waals surface area contributed by atoms with Gasteiger partial charge in [-0.05, 0) is 50.6 Å². The molecule has 1 unspecified atom stereocenters. The fraction of sp³-hybridized carbons (Fsp3) is 1.00. The normalized spacial score (nSPS) is 28.6. The molecule has 1 aliphatic heterocycles. The van der Waals surface area contributed by atoms with Crippen molar-refractivity contribution in [3.63, 3.8) is 0 Å². The van der Waals surface area contributed by atoms with Crippen LogP contribution in [0.25, 0.3) is 0 Å². The van der Waals surface area contributed by atoms with Gasteiger partial charge in [-0.25, -0.2) is 4.39 Å². The number of hydrogen-bond acceptors (Lipinski definition) is 1. The maximum Gasteiger partial charge on any atom is 0.106 e. The fourth-order valence-electron chi connectivity index (χ4n) is 3.18. The highest BCUT2D eigenvalue weighted by Crippen LogP contribution is 2.33. The first kappa shape index (κ1) is 11.4. The Balaban J connectivity index is 1.83. The van der Waals surface area contributed by atoms with Gasteiger partial charge in [-0.3, -0.25) is 0 Å². The van der Waals surface area contributed by atoms with Crippen LogP contribution in [0.2, 0.25) is 0 Å². The second-order valence-electron chi connectivity index (χ2n) is 5.28. The molecule has 15 heavy (non-hydrogen) atoms. The first-order valence-electron chi connectivity index (χ1n) is 6.72. The lowest BCUT2D eigenvalue weighted by Gasteiger charge is -2.30. The molecular formula is C13H24FN. The number of halogens is 1. The summed E-state index contributed by atoms with van der Waals surface area (Å²) in [7, 11) is 0. The van der Waals surface area contributed by atoms with Gasteiger partial charge in [0, 0.05) is 0 Å². The molecule has 0 spiro atoms. The zero-order valence-electron chi connectivity index (χ0n) is 9.68. The van der Waals surface area contributed by atoms with E-state index >= 15 is 0 Å². The van der Waals surface area contributed by atoms with Gasteiger partial charge in [-0.15, -0.1) is 0 Å². The van der Waals surface area contributed by atoms with Gasteiger partial charge >= 0.3 is 0 Å². The lowest BCUT2D eigenvalue weighted by Crippen LogP contribution is -2.35. The molecule has 0 aromatic carbocycles. The van der Waals surface area contributed by atoms with E-state index in [1.807, 2.05) is 0 Å². The van der Waals surface area contributed by atoms with Gasteiger partial charge in [0.05, 0.1) is 0 Å². The summed E-state index contributed by atoms with van der Waals surface area (Å²) in [4.78, 5) is 0. The first-order valence-corrected chi connectivity index (χ1v) is 6.72. The standard InChI is InChI=1S/C13H24FN/c14-13(12-7-9-15-10-8-12)11-5-3-1-2-4-6-11/h11-13,15H,1-10H2. The van der Waals surface area contributed by atoms with Crippen LogP contribution in [0.5, 0.6) is 0 Å². The van der Waals surface area contributed by atoms with E-state index in [0.717, 1.165) is 38.8 Å². The number of alkyl halides is 1. The Morgan fingerprint density at radius 3 is 1.93 bits per heavy atom. The van der Waals surface area contributed by atoms with Crippen molar-refractivity contribution in [1.82, 2.24) is 5.32 Å². The molecule has 1 atom stereocenters. The van der Waals surface area contributed by atoms with Gasteiger partial charge in [0.1, 0.15) is 6.17 Å². The van der Waals surface area contributed by atoms with Crippen LogP contribution in [-0.4, -0.2) is 19.3 Å². The van der Waals surface area contributed by atoms with E-state index < -0.39 is 6.17 Å². The Kier molecular flexibility index (Phi) is 4.42. The molecule has 0 bridgehead atoms. The third kappa shape index (κ3) is 3.17. The van der Waals surface area contributed by atoms with Crippen molar-refractivity contribution in [2.24, 2.45) is 11.8 Å². The molecule has 1 aliphatic carbocycles. The Hall–Kier alpha value is -0.110. The summed E-state index contributed by atoms with van der Waals surface area (Å²) < 4.78 is 14.3. The van der Waals surface area contributed by atoms with Crippen molar-refractivity contribution in [2.75, 3.05) is 13.1 Å². The number of rotatable bonds is 2. The molecule has 1 saturated carbocycles. The van der Waals surface area contributed by atoms with Gasteiger partial charge in [0.15, 0.2) is 0 Å². The van der Waals surface area contributed by atoms with Crippen LogP contribution in [-0.2, 0) is 0 Å². The quantitative estimate of drug-likeness (QED) is 0.694. The smallest absolute Gasteiger partial charge is 0.106 e. The lowest BCUT2D eigenvalue weighted by atomic mass is 9.82. The van der Waals surface area contributed by atoms with Crippen LogP contribution < -0.4 is 5.32 Å². The van der Waals surface area contributed by atoms with E-state index in [2.05, 4.69) is 5.32 Å². The average Bonchev–Trinajstić information content (AvgIpc) is 2.58. The lowest BCUT2D eigenvalue weighted by molar-refractivity contribution is 0.114. The minimum Gasteiger partial charge on any atom is -0.317 e. The molecule has 1 nitrogen and oxygen atoms in total. The number of piperidine rings is 1. The topological polar surface area (TPSA) is 12.0 Å². The zero-order chi connectivity index (χ0) is 10.5. The highest BCUT2D eigenvalue weighted by atomic mass is 19.1.